The van der Waals surface area contributed by atoms with E-state index < -0.39 is 0 Å². The highest BCUT2D eigenvalue weighted by molar-refractivity contribution is 9.10. The third kappa shape index (κ3) is 1.68. The molecule has 0 bridgehead atoms. The molecular formula is C12H9BrN4. The number of nitrogens with zero attached hydrogens (tertiary/aromatic N) is 3. The Morgan fingerprint density at radius 3 is 2.65 bits per heavy atom. The Kier molecular flexibility index (Phi) is 2.33. The summed E-state index contributed by atoms with van der Waals surface area (Å²) in [5, 5.41) is 8.28. The highest BCUT2D eigenvalue weighted by Crippen LogP contribution is 2.24. The van der Waals surface area contributed by atoms with E-state index in [1.165, 1.54) is 0 Å². The van der Waals surface area contributed by atoms with Gasteiger partial charge in [0, 0.05) is 16.2 Å². The summed E-state index contributed by atoms with van der Waals surface area (Å²) in [5.74, 6) is 0.786. The van der Waals surface area contributed by atoms with Gasteiger partial charge in [-0.25, -0.2) is 0 Å². The first kappa shape index (κ1) is 10.3. The van der Waals surface area contributed by atoms with Crippen LogP contribution >= 0.6 is 15.9 Å². The molecule has 0 aliphatic carbocycles. The van der Waals surface area contributed by atoms with Crippen molar-refractivity contribution < 1.29 is 0 Å². The van der Waals surface area contributed by atoms with Gasteiger partial charge in [0.1, 0.15) is 0 Å². The van der Waals surface area contributed by atoms with Crippen LogP contribution < -0.4 is 5.73 Å². The van der Waals surface area contributed by atoms with Crippen molar-refractivity contribution in [3.63, 3.8) is 0 Å². The van der Waals surface area contributed by atoms with Crippen LogP contribution in [0.1, 0.15) is 0 Å². The molecule has 4 nitrogen and oxygen atoms in total. The lowest BCUT2D eigenvalue weighted by Crippen LogP contribution is -1.94. The standard InChI is InChI=1S/C12H9BrN4/c13-9-6-10(14)12-16-15-11(17(12)7-9)8-4-2-1-3-5-8/h1-7H,14H2. The Hall–Kier alpha value is -1.88. The molecule has 3 aromatic rings. The zero-order chi connectivity index (χ0) is 11.8. The van der Waals surface area contributed by atoms with Crippen molar-refractivity contribution in [2.24, 2.45) is 0 Å². The molecule has 0 aliphatic heterocycles. The number of hydrogen-bond donors (Lipinski definition) is 1. The maximum absolute atomic E-state index is 5.90. The molecule has 0 amide bonds. The van der Waals surface area contributed by atoms with Crippen LogP contribution in [-0.4, -0.2) is 14.6 Å². The predicted octanol–water partition coefficient (Wildman–Crippen LogP) is 2.74. The zero-order valence-electron chi connectivity index (χ0n) is 8.84. The number of benzene rings is 1. The van der Waals surface area contributed by atoms with E-state index in [2.05, 4.69) is 26.1 Å². The molecular weight excluding hydrogens is 280 g/mol. The SMILES string of the molecule is Nc1cc(Br)cn2c(-c3ccccc3)nnc12. The quantitative estimate of drug-likeness (QED) is 0.749. The maximum Gasteiger partial charge on any atom is 0.184 e. The summed E-state index contributed by atoms with van der Waals surface area (Å²) in [7, 11) is 0. The predicted molar refractivity (Wildman–Crippen MR) is 70.5 cm³/mol. The van der Waals surface area contributed by atoms with Gasteiger partial charge in [0.25, 0.3) is 0 Å². The van der Waals surface area contributed by atoms with Crippen molar-refractivity contribution in [3.8, 4) is 11.4 Å². The van der Waals surface area contributed by atoms with Gasteiger partial charge in [-0.15, -0.1) is 10.2 Å². The molecule has 2 N–H and O–H groups in total. The lowest BCUT2D eigenvalue weighted by molar-refractivity contribution is 1.11. The van der Waals surface area contributed by atoms with Crippen LogP contribution in [0.2, 0.25) is 0 Å². The second-order valence-corrected chi connectivity index (χ2v) is 4.61. The molecule has 0 saturated heterocycles. The van der Waals surface area contributed by atoms with Crippen LogP contribution in [0.3, 0.4) is 0 Å². The molecule has 17 heavy (non-hydrogen) atoms. The molecule has 0 atom stereocenters. The Balaban J connectivity index is 2.32. The first-order valence-corrected chi connectivity index (χ1v) is 5.90. The van der Waals surface area contributed by atoms with Gasteiger partial charge in [0.15, 0.2) is 11.5 Å². The van der Waals surface area contributed by atoms with Gasteiger partial charge >= 0.3 is 0 Å². The second kappa shape index (κ2) is 3.85. The van der Waals surface area contributed by atoms with Crippen LogP contribution in [0.25, 0.3) is 17.0 Å². The smallest absolute Gasteiger partial charge is 0.184 e. The van der Waals surface area contributed by atoms with Crippen LogP contribution in [0.4, 0.5) is 5.69 Å². The third-order valence-electron chi connectivity index (χ3n) is 2.53. The summed E-state index contributed by atoms with van der Waals surface area (Å²) in [4.78, 5) is 0. The van der Waals surface area contributed by atoms with Crippen molar-refractivity contribution in [1.29, 1.82) is 0 Å². The van der Waals surface area contributed by atoms with Gasteiger partial charge in [0.2, 0.25) is 0 Å². The Morgan fingerprint density at radius 1 is 1.12 bits per heavy atom. The monoisotopic (exact) mass is 288 g/mol. The van der Waals surface area contributed by atoms with E-state index in [0.717, 1.165) is 15.9 Å². The fourth-order valence-electron chi connectivity index (χ4n) is 1.77. The van der Waals surface area contributed by atoms with Crippen LogP contribution in [0.5, 0.6) is 0 Å². The van der Waals surface area contributed by atoms with Crippen LogP contribution in [0.15, 0.2) is 47.1 Å². The minimum absolute atomic E-state index is 0.606. The maximum atomic E-state index is 5.90. The van der Waals surface area contributed by atoms with Gasteiger partial charge in [-0.05, 0) is 22.0 Å². The highest BCUT2D eigenvalue weighted by atomic mass is 79.9. The Bertz CT molecular complexity index is 676. The van der Waals surface area contributed by atoms with E-state index in [1.807, 2.05) is 47.0 Å². The van der Waals surface area contributed by atoms with Gasteiger partial charge in [0.05, 0.1) is 5.69 Å². The first-order valence-electron chi connectivity index (χ1n) is 5.11. The topological polar surface area (TPSA) is 56.2 Å². The highest BCUT2D eigenvalue weighted by Gasteiger charge is 2.10. The number of rotatable bonds is 1. The van der Waals surface area contributed by atoms with E-state index in [9.17, 15) is 0 Å². The van der Waals surface area contributed by atoms with Gasteiger partial charge in [-0.2, -0.15) is 0 Å². The number of halogens is 1. The van der Waals surface area contributed by atoms with E-state index >= 15 is 0 Å². The molecule has 5 heteroatoms. The summed E-state index contributed by atoms with van der Waals surface area (Å²) in [6.07, 6.45) is 1.91. The minimum Gasteiger partial charge on any atom is -0.396 e. The van der Waals surface area contributed by atoms with Gasteiger partial charge in [-0.1, -0.05) is 30.3 Å². The molecule has 3 rings (SSSR count). The lowest BCUT2D eigenvalue weighted by atomic mass is 10.2. The number of anilines is 1. The zero-order valence-corrected chi connectivity index (χ0v) is 10.4. The van der Waals surface area contributed by atoms with E-state index in [1.54, 1.807) is 0 Å². The molecule has 0 fully saturated rings. The Labute approximate surface area is 106 Å². The molecule has 0 aliphatic rings. The molecule has 0 spiro atoms. The van der Waals surface area contributed by atoms with Gasteiger partial charge in [-0.3, -0.25) is 4.40 Å². The van der Waals surface area contributed by atoms with Crippen LogP contribution in [-0.2, 0) is 0 Å². The number of hydrogen-bond acceptors (Lipinski definition) is 3. The summed E-state index contributed by atoms with van der Waals surface area (Å²) in [6.45, 7) is 0. The van der Waals surface area contributed by atoms with Crippen molar-refractivity contribution in [2.45, 2.75) is 0 Å². The fourth-order valence-corrected chi connectivity index (χ4v) is 2.22. The average Bonchev–Trinajstić information content (AvgIpc) is 2.74. The van der Waals surface area contributed by atoms with Crippen molar-refractivity contribution in [1.82, 2.24) is 14.6 Å². The molecule has 1 aromatic carbocycles. The minimum atomic E-state index is 0.606. The summed E-state index contributed by atoms with van der Waals surface area (Å²) in [6, 6.07) is 11.7. The number of aromatic nitrogens is 3. The fraction of sp³-hybridized carbons (Fsp3) is 0. The number of nitrogens with two attached hydrogens (primary N) is 1. The van der Waals surface area contributed by atoms with Crippen molar-refractivity contribution in [2.75, 3.05) is 5.73 Å². The van der Waals surface area contributed by atoms with Crippen molar-refractivity contribution in [3.05, 3.63) is 47.1 Å². The largest absolute Gasteiger partial charge is 0.396 e. The molecule has 0 radical (unpaired) electrons. The third-order valence-corrected chi connectivity index (χ3v) is 2.97. The molecule has 2 heterocycles. The number of fused-ring (bicyclic) bond motifs is 1. The summed E-state index contributed by atoms with van der Waals surface area (Å²) in [5.41, 5.74) is 8.19. The van der Waals surface area contributed by atoms with E-state index in [4.69, 9.17) is 5.73 Å². The lowest BCUT2D eigenvalue weighted by Gasteiger charge is -2.02. The Morgan fingerprint density at radius 2 is 1.88 bits per heavy atom. The summed E-state index contributed by atoms with van der Waals surface area (Å²) >= 11 is 3.42. The second-order valence-electron chi connectivity index (χ2n) is 3.70. The molecule has 0 unspecified atom stereocenters. The van der Waals surface area contributed by atoms with Crippen LogP contribution in [0, 0.1) is 0 Å². The molecule has 0 saturated carbocycles. The van der Waals surface area contributed by atoms with E-state index in [0.29, 0.717) is 11.3 Å². The average molecular weight is 289 g/mol. The van der Waals surface area contributed by atoms with Gasteiger partial charge < -0.3 is 5.73 Å². The number of nitrogen functional groups attached to an aromatic ring is 1. The van der Waals surface area contributed by atoms with E-state index in [-0.39, 0.29) is 0 Å². The van der Waals surface area contributed by atoms with Crippen molar-refractivity contribution >= 4 is 27.3 Å². The normalized spacial score (nSPS) is 10.9. The molecule has 84 valence electrons. The summed E-state index contributed by atoms with van der Waals surface area (Å²) < 4.78 is 2.79. The number of pyridine rings is 1. The first-order chi connectivity index (χ1) is 8.25. The molecule has 2 aromatic heterocycles.